The summed E-state index contributed by atoms with van der Waals surface area (Å²) in [6.07, 6.45) is 6.20. The van der Waals surface area contributed by atoms with Crippen LogP contribution in [0.2, 0.25) is 0 Å². The van der Waals surface area contributed by atoms with E-state index in [1.54, 1.807) is 4.31 Å². The van der Waals surface area contributed by atoms with E-state index in [9.17, 15) is 8.42 Å². The van der Waals surface area contributed by atoms with Crippen LogP contribution >= 0.6 is 0 Å². The Bertz CT molecular complexity index is 309. The Kier molecular flexibility index (Phi) is 3.33. The number of likely N-dealkylation sites (tertiary alicyclic amines) is 1. The van der Waals surface area contributed by atoms with E-state index in [1.807, 2.05) is 0 Å². The molecule has 2 heterocycles. The highest BCUT2D eigenvalue weighted by Gasteiger charge is 2.32. The Morgan fingerprint density at radius 1 is 1.07 bits per heavy atom. The van der Waals surface area contributed by atoms with Crippen molar-refractivity contribution in [2.75, 3.05) is 32.4 Å². The molecule has 0 amide bonds. The molecule has 0 aliphatic carbocycles. The first kappa shape index (κ1) is 11.4. The third-order valence-corrected chi connectivity index (χ3v) is 4.77. The molecule has 2 rings (SSSR count). The zero-order valence-electron chi connectivity index (χ0n) is 9.35. The molecule has 0 aromatic heterocycles. The summed E-state index contributed by atoms with van der Waals surface area (Å²) >= 11 is 0. The number of hydrogen-bond acceptors (Lipinski definition) is 3. The maximum atomic E-state index is 11.4. The monoisotopic (exact) mass is 232 g/mol. The van der Waals surface area contributed by atoms with Gasteiger partial charge in [-0.25, -0.2) is 12.7 Å². The summed E-state index contributed by atoms with van der Waals surface area (Å²) in [5.74, 6) is 0. The highest BCUT2D eigenvalue weighted by Crippen LogP contribution is 2.21. The SMILES string of the molecule is CS(=O)(=O)N1CCC(N2CCCCC2)C1. The minimum Gasteiger partial charge on any atom is -0.299 e. The van der Waals surface area contributed by atoms with Crippen molar-refractivity contribution in [1.29, 1.82) is 0 Å². The van der Waals surface area contributed by atoms with E-state index in [0.717, 1.165) is 19.5 Å². The number of sulfonamides is 1. The molecule has 0 saturated carbocycles. The van der Waals surface area contributed by atoms with Gasteiger partial charge >= 0.3 is 0 Å². The van der Waals surface area contributed by atoms with Gasteiger partial charge < -0.3 is 0 Å². The Morgan fingerprint density at radius 3 is 2.27 bits per heavy atom. The molecule has 0 radical (unpaired) electrons. The largest absolute Gasteiger partial charge is 0.299 e. The van der Waals surface area contributed by atoms with Crippen molar-refractivity contribution in [2.45, 2.75) is 31.7 Å². The standard InChI is InChI=1S/C10H20N2O2S/c1-15(13,14)12-8-5-10(9-12)11-6-3-2-4-7-11/h10H,2-9H2,1H3. The summed E-state index contributed by atoms with van der Waals surface area (Å²) in [5, 5.41) is 0. The lowest BCUT2D eigenvalue weighted by Crippen LogP contribution is -2.41. The molecule has 4 nitrogen and oxygen atoms in total. The maximum absolute atomic E-state index is 11.4. The smallest absolute Gasteiger partial charge is 0.211 e. The van der Waals surface area contributed by atoms with E-state index >= 15 is 0 Å². The molecule has 5 heteroatoms. The Morgan fingerprint density at radius 2 is 1.73 bits per heavy atom. The zero-order chi connectivity index (χ0) is 10.9. The molecule has 2 aliphatic heterocycles. The van der Waals surface area contributed by atoms with Crippen LogP contribution in [0.3, 0.4) is 0 Å². The Hall–Kier alpha value is -0.130. The second-order valence-corrected chi connectivity index (χ2v) is 6.64. The average Bonchev–Trinajstić information content (AvgIpc) is 2.67. The van der Waals surface area contributed by atoms with Crippen molar-refractivity contribution in [2.24, 2.45) is 0 Å². The van der Waals surface area contributed by atoms with E-state index in [-0.39, 0.29) is 0 Å². The number of hydrogen-bond donors (Lipinski definition) is 0. The molecule has 2 aliphatic rings. The van der Waals surface area contributed by atoms with Gasteiger partial charge in [0.1, 0.15) is 0 Å². The third-order valence-electron chi connectivity index (χ3n) is 3.50. The first-order chi connectivity index (χ1) is 7.07. The first-order valence-electron chi connectivity index (χ1n) is 5.76. The first-order valence-corrected chi connectivity index (χ1v) is 7.61. The quantitative estimate of drug-likeness (QED) is 0.696. The second kappa shape index (κ2) is 4.39. The molecule has 0 aromatic rings. The predicted octanol–water partition coefficient (Wildman–Crippen LogP) is 0.506. The Labute approximate surface area is 92.3 Å². The van der Waals surface area contributed by atoms with Gasteiger partial charge in [-0.05, 0) is 32.4 Å². The van der Waals surface area contributed by atoms with Crippen molar-refractivity contribution < 1.29 is 8.42 Å². The van der Waals surface area contributed by atoms with Gasteiger partial charge in [0.2, 0.25) is 10.0 Å². The average molecular weight is 232 g/mol. The zero-order valence-corrected chi connectivity index (χ0v) is 10.2. The van der Waals surface area contributed by atoms with Crippen molar-refractivity contribution in [3.05, 3.63) is 0 Å². The Balaban J connectivity index is 1.92. The van der Waals surface area contributed by atoms with Gasteiger partial charge in [0.05, 0.1) is 6.26 Å². The van der Waals surface area contributed by atoms with Gasteiger partial charge in [-0.15, -0.1) is 0 Å². The summed E-state index contributed by atoms with van der Waals surface area (Å²) in [6.45, 7) is 3.73. The van der Waals surface area contributed by atoms with E-state index in [0.29, 0.717) is 19.1 Å². The van der Waals surface area contributed by atoms with Crippen LogP contribution in [-0.2, 0) is 10.0 Å². The highest BCUT2D eigenvalue weighted by atomic mass is 32.2. The van der Waals surface area contributed by atoms with Crippen LogP contribution < -0.4 is 0 Å². The van der Waals surface area contributed by atoms with Crippen LogP contribution in [0, 0.1) is 0 Å². The lowest BCUT2D eigenvalue weighted by atomic mass is 10.1. The fourth-order valence-electron chi connectivity index (χ4n) is 2.59. The molecule has 1 atom stereocenters. The number of rotatable bonds is 2. The van der Waals surface area contributed by atoms with Gasteiger partial charge in [-0.2, -0.15) is 0 Å². The normalized spacial score (nSPS) is 30.9. The topological polar surface area (TPSA) is 40.6 Å². The van der Waals surface area contributed by atoms with Crippen molar-refractivity contribution >= 4 is 10.0 Å². The number of nitrogens with zero attached hydrogens (tertiary/aromatic N) is 2. The van der Waals surface area contributed by atoms with Gasteiger partial charge in [-0.1, -0.05) is 6.42 Å². The van der Waals surface area contributed by atoms with Crippen LogP contribution in [0.25, 0.3) is 0 Å². The third kappa shape index (κ3) is 2.71. The van der Waals surface area contributed by atoms with Crippen LogP contribution in [0.5, 0.6) is 0 Å². The van der Waals surface area contributed by atoms with E-state index < -0.39 is 10.0 Å². The minimum absolute atomic E-state index is 0.472. The van der Waals surface area contributed by atoms with E-state index in [4.69, 9.17) is 0 Å². The molecular formula is C10H20N2O2S. The summed E-state index contributed by atoms with van der Waals surface area (Å²) in [5.41, 5.74) is 0. The lowest BCUT2D eigenvalue weighted by Gasteiger charge is -2.31. The maximum Gasteiger partial charge on any atom is 0.211 e. The summed E-state index contributed by atoms with van der Waals surface area (Å²) in [4.78, 5) is 2.47. The second-order valence-electron chi connectivity index (χ2n) is 4.66. The molecule has 0 N–H and O–H groups in total. The lowest BCUT2D eigenvalue weighted by molar-refractivity contribution is 0.169. The molecular weight excluding hydrogens is 212 g/mol. The van der Waals surface area contributed by atoms with Gasteiger partial charge in [-0.3, -0.25) is 4.90 Å². The highest BCUT2D eigenvalue weighted by molar-refractivity contribution is 7.88. The van der Waals surface area contributed by atoms with Crippen molar-refractivity contribution in [1.82, 2.24) is 9.21 Å². The molecule has 2 saturated heterocycles. The molecule has 1 unspecified atom stereocenters. The van der Waals surface area contributed by atoms with Crippen LogP contribution in [0.4, 0.5) is 0 Å². The summed E-state index contributed by atoms with van der Waals surface area (Å²) in [6, 6.07) is 0.472. The van der Waals surface area contributed by atoms with Crippen LogP contribution in [0.1, 0.15) is 25.7 Å². The molecule has 0 bridgehead atoms. The summed E-state index contributed by atoms with van der Waals surface area (Å²) in [7, 11) is -2.97. The molecule has 15 heavy (non-hydrogen) atoms. The van der Waals surface area contributed by atoms with E-state index in [2.05, 4.69) is 4.90 Å². The molecule has 88 valence electrons. The van der Waals surface area contributed by atoms with Gasteiger partial charge in [0.15, 0.2) is 0 Å². The van der Waals surface area contributed by atoms with Crippen molar-refractivity contribution in [3.8, 4) is 0 Å². The predicted molar refractivity (Wildman–Crippen MR) is 60.2 cm³/mol. The molecule has 2 fully saturated rings. The molecule has 0 spiro atoms. The van der Waals surface area contributed by atoms with Gasteiger partial charge in [0.25, 0.3) is 0 Å². The van der Waals surface area contributed by atoms with Crippen LogP contribution in [0.15, 0.2) is 0 Å². The number of piperidine rings is 1. The fourth-order valence-corrected chi connectivity index (χ4v) is 3.47. The summed E-state index contributed by atoms with van der Waals surface area (Å²) < 4.78 is 24.4. The van der Waals surface area contributed by atoms with E-state index in [1.165, 1.54) is 25.5 Å². The minimum atomic E-state index is -2.97. The fraction of sp³-hybridized carbons (Fsp3) is 1.00. The van der Waals surface area contributed by atoms with Crippen LogP contribution in [-0.4, -0.2) is 56.1 Å². The van der Waals surface area contributed by atoms with Crippen molar-refractivity contribution in [3.63, 3.8) is 0 Å². The molecule has 0 aromatic carbocycles. The van der Waals surface area contributed by atoms with Gasteiger partial charge in [0, 0.05) is 19.1 Å².